The lowest BCUT2D eigenvalue weighted by atomic mass is 10.1. The number of aromatic nitrogens is 5. The van der Waals surface area contributed by atoms with Crippen LogP contribution in [0.25, 0.3) is 32.6 Å². The lowest BCUT2D eigenvalue weighted by Gasteiger charge is -2.11. The Morgan fingerprint density at radius 3 is 2.76 bits per heavy atom. The van der Waals surface area contributed by atoms with Crippen molar-refractivity contribution in [3.63, 3.8) is 0 Å². The van der Waals surface area contributed by atoms with Crippen LogP contribution in [0.15, 0.2) is 96.2 Å². The second-order valence-corrected chi connectivity index (χ2v) is 10.4. The number of nitrogens with zero attached hydrogens (tertiary/aromatic N) is 5. The highest BCUT2D eigenvalue weighted by Crippen LogP contribution is 2.33. The second kappa shape index (κ2) is 11.1. The highest BCUT2D eigenvalue weighted by molar-refractivity contribution is 7.17. The monoisotopic (exact) mass is 563 g/mol. The minimum atomic E-state index is -0.215. The van der Waals surface area contributed by atoms with Crippen molar-refractivity contribution in [1.82, 2.24) is 24.5 Å². The first-order valence-electron chi connectivity index (χ1n) is 12.8. The number of amides is 1. The molecule has 4 heterocycles. The molecule has 0 saturated carbocycles. The summed E-state index contributed by atoms with van der Waals surface area (Å²) in [7, 11) is 1.83. The molecule has 0 aliphatic carbocycles. The van der Waals surface area contributed by atoms with E-state index in [9.17, 15) is 9.59 Å². The van der Waals surface area contributed by atoms with E-state index in [2.05, 4.69) is 20.5 Å². The van der Waals surface area contributed by atoms with Gasteiger partial charge in [0.1, 0.15) is 12.4 Å². The van der Waals surface area contributed by atoms with Crippen molar-refractivity contribution >= 4 is 39.5 Å². The Balaban J connectivity index is 1.16. The van der Waals surface area contributed by atoms with E-state index in [1.54, 1.807) is 47.4 Å². The summed E-state index contributed by atoms with van der Waals surface area (Å²) in [5.41, 5.74) is 10.0. The largest absolute Gasteiger partial charge is 0.491 e. The van der Waals surface area contributed by atoms with Crippen molar-refractivity contribution in [1.29, 1.82) is 0 Å². The normalized spacial score (nSPS) is 11.0. The number of aryl methyl sites for hydroxylation is 1. The fourth-order valence-electron chi connectivity index (χ4n) is 4.37. The van der Waals surface area contributed by atoms with E-state index in [0.717, 1.165) is 26.9 Å². The van der Waals surface area contributed by atoms with Crippen LogP contribution in [-0.4, -0.2) is 37.1 Å². The molecule has 0 spiro atoms. The molecule has 41 heavy (non-hydrogen) atoms. The Morgan fingerprint density at radius 2 is 1.93 bits per heavy atom. The molecule has 11 heteroatoms. The molecule has 204 valence electrons. The zero-order valence-corrected chi connectivity index (χ0v) is 22.8. The first kappa shape index (κ1) is 26.0. The van der Waals surface area contributed by atoms with E-state index in [4.69, 9.17) is 10.5 Å². The molecule has 0 unspecified atom stereocenters. The van der Waals surface area contributed by atoms with Crippen molar-refractivity contribution in [2.24, 2.45) is 7.05 Å². The van der Waals surface area contributed by atoms with Crippen molar-refractivity contribution in [2.45, 2.75) is 6.54 Å². The Labute approximate surface area is 238 Å². The molecular formula is C30H25N7O3S. The van der Waals surface area contributed by atoms with Gasteiger partial charge in [-0.25, -0.2) is 4.68 Å². The molecule has 0 aliphatic rings. The summed E-state index contributed by atoms with van der Waals surface area (Å²) >= 11 is 1.39. The highest BCUT2D eigenvalue weighted by Gasteiger charge is 2.13. The standard InChI is InChI=1S/C30H25N7O3S/c1-36-18-20(17-33-36)23-8-11-29(38)37(35-23)14-15-40-26-12-13-32-25-16-19(6-7-21(25)26)27-9-10-28(41-27)30(39)34-24-5-3-2-4-22(24)31/h2-13,16-18H,14-15,31H2,1H3,(H,34,39). The molecule has 3 N–H and O–H groups in total. The first-order valence-corrected chi connectivity index (χ1v) is 13.6. The number of benzene rings is 2. The summed E-state index contributed by atoms with van der Waals surface area (Å²) in [6, 6.07) is 21.7. The van der Waals surface area contributed by atoms with Crippen molar-refractivity contribution in [2.75, 3.05) is 17.7 Å². The SMILES string of the molecule is Cn1cc(-c2ccc(=O)n(CCOc3ccnc4cc(-c5ccc(C(=O)Nc6ccccc6N)s5)ccc34)n2)cn1. The van der Waals surface area contributed by atoms with Gasteiger partial charge in [0, 0.05) is 41.3 Å². The fraction of sp³-hybridized carbons (Fsp3) is 0.100. The summed E-state index contributed by atoms with van der Waals surface area (Å²) in [5.74, 6) is 0.443. The lowest BCUT2D eigenvalue weighted by Crippen LogP contribution is -2.25. The molecule has 10 nitrogen and oxygen atoms in total. The van der Waals surface area contributed by atoms with Crippen LogP contribution in [0, 0.1) is 0 Å². The molecule has 6 rings (SSSR count). The molecule has 2 aromatic carbocycles. The van der Waals surface area contributed by atoms with Gasteiger partial charge in [-0.15, -0.1) is 11.3 Å². The molecule has 1 amide bonds. The number of anilines is 2. The molecule has 4 aromatic heterocycles. The average Bonchev–Trinajstić information content (AvgIpc) is 3.65. The molecule has 0 saturated heterocycles. The maximum Gasteiger partial charge on any atom is 0.266 e. The lowest BCUT2D eigenvalue weighted by molar-refractivity contribution is 0.103. The topological polar surface area (TPSA) is 130 Å². The predicted octanol–water partition coefficient (Wildman–Crippen LogP) is 4.83. The Bertz CT molecular complexity index is 1940. The van der Waals surface area contributed by atoms with Crippen LogP contribution in [0.5, 0.6) is 5.75 Å². The van der Waals surface area contributed by atoms with Gasteiger partial charge in [-0.1, -0.05) is 18.2 Å². The third-order valence-electron chi connectivity index (χ3n) is 6.45. The number of pyridine rings is 1. The molecular weight excluding hydrogens is 538 g/mol. The van der Waals surface area contributed by atoms with E-state index in [0.29, 0.717) is 27.7 Å². The van der Waals surface area contributed by atoms with Crippen LogP contribution in [0.3, 0.4) is 0 Å². The van der Waals surface area contributed by atoms with Gasteiger partial charge >= 0.3 is 0 Å². The van der Waals surface area contributed by atoms with Crippen molar-refractivity contribution in [3.05, 3.63) is 107 Å². The zero-order valence-electron chi connectivity index (χ0n) is 22.0. The zero-order chi connectivity index (χ0) is 28.3. The second-order valence-electron chi connectivity index (χ2n) is 9.28. The van der Waals surface area contributed by atoms with E-state index >= 15 is 0 Å². The van der Waals surface area contributed by atoms with Gasteiger partial charge in [0.05, 0.1) is 40.2 Å². The van der Waals surface area contributed by atoms with Crippen LogP contribution in [0.2, 0.25) is 0 Å². The summed E-state index contributed by atoms with van der Waals surface area (Å²) < 4.78 is 9.13. The van der Waals surface area contributed by atoms with Gasteiger partial charge < -0.3 is 15.8 Å². The fourth-order valence-corrected chi connectivity index (χ4v) is 5.27. The first-order chi connectivity index (χ1) is 19.9. The van der Waals surface area contributed by atoms with E-state index in [1.807, 2.05) is 49.6 Å². The van der Waals surface area contributed by atoms with Crippen LogP contribution in [-0.2, 0) is 13.6 Å². The third-order valence-corrected chi connectivity index (χ3v) is 7.59. The smallest absolute Gasteiger partial charge is 0.266 e. The van der Waals surface area contributed by atoms with Crippen LogP contribution < -0.4 is 21.3 Å². The van der Waals surface area contributed by atoms with Gasteiger partial charge in [0.2, 0.25) is 0 Å². The van der Waals surface area contributed by atoms with E-state index in [1.165, 1.54) is 22.1 Å². The van der Waals surface area contributed by atoms with Gasteiger partial charge in [-0.3, -0.25) is 19.3 Å². The number of ether oxygens (including phenoxy) is 1. The summed E-state index contributed by atoms with van der Waals surface area (Å²) in [6.07, 6.45) is 5.24. The Morgan fingerprint density at radius 1 is 1.05 bits per heavy atom. The number of hydrogen-bond acceptors (Lipinski definition) is 8. The minimum Gasteiger partial charge on any atom is -0.491 e. The van der Waals surface area contributed by atoms with Crippen LogP contribution >= 0.6 is 11.3 Å². The van der Waals surface area contributed by atoms with E-state index < -0.39 is 0 Å². The number of rotatable bonds is 8. The number of thiophene rings is 1. The molecule has 0 fully saturated rings. The van der Waals surface area contributed by atoms with Gasteiger partial charge in [0.25, 0.3) is 11.5 Å². The Kier molecular flexibility index (Phi) is 7.00. The van der Waals surface area contributed by atoms with Crippen LogP contribution in [0.1, 0.15) is 9.67 Å². The average molecular weight is 564 g/mol. The van der Waals surface area contributed by atoms with Crippen molar-refractivity contribution in [3.8, 4) is 27.4 Å². The highest BCUT2D eigenvalue weighted by atomic mass is 32.1. The van der Waals surface area contributed by atoms with Crippen molar-refractivity contribution < 1.29 is 9.53 Å². The minimum absolute atomic E-state index is 0.207. The number of nitrogen functional groups attached to an aromatic ring is 1. The summed E-state index contributed by atoms with van der Waals surface area (Å²) in [6.45, 7) is 0.531. The van der Waals surface area contributed by atoms with Crippen LogP contribution in [0.4, 0.5) is 11.4 Å². The number of nitrogens with one attached hydrogen (secondary N) is 1. The molecule has 0 aliphatic heterocycles. The number of hydrogen-bond donors (Lipinski definition) is 2. The quantitative estimate of drug-likeness (QED) is 0.254. The van der Waals surface area contributed by atoms with Gasteiger partial charge in [-0.2, -0.15) is 10.2 Å². The van der Waals surface area contributed by atoms with E-state index in [-0.39, 0.29) is 24.6 Å². The van der Waals surface area contributed by atoms with Gasteiger partial charge in [0.15, 0.2) is 0 Å². The number of carbonyl (C=O) groups is 1. The number of carbonyl (C=O) groups excluding carboxylic acids is 1. The summed E-state index contributed by atoms with van der Waals surface area (Å²) in [5, 5.41) is 12.3. The maximum absolute atomic E-state index is 12.8. The predicted molar refractivity (Wildman–Crippen MR) is 160 cm³/mol. The third kappa shape index (κ3) is 5.56. The molecule has 0 radical (unpaired) electrons. The maximum atomic E-state index is 12.8. The Hall–Kier alpha value is -5.29. The number of nitrogens with two attached hydrogens (primary N) is 1. The molecule has 0 bridgehead atoms. The molecule has 0 atom stereocenters. The molecule has 6 aromatic rings. The summed E-state index contributed by atoms with van der Waals surface area (Å²) in [4.78, 5) is 31.2. The van der Waals surface area contributed by atoms with Gasteiger partial charge in [-0.05, 0) is 54.1 Å². The number of fused-ring (bicyclic) bond motifs is 1. The number of para-hydroxylation sites is 2.